The summed E-state index contributed by atoms with van der Waals surface area (Å²) in [5.41, 5.74) is 3.42. The maximum Gasteiger partial charge on any atom is 0.321 e. The number of anilines is 1. The molecule has 0 spiro atoms. The number of fused-ring (bicyclic) bond motifs is 1. The van der Waals surface area contributed by atoms with Crippen molar-refractivity contribution in [3.8, 4) is 5.75 Å². The molecule has 2 aromatic carbocycles. The van der Waals surface area contributed by atoms with Crippen molar-refractivity contribution in [3.05, 3.63) is 59.2 Å². The number of benzene rings is 2. The maximum absolute atomic E-state index is 13.0. The summed E-state index contributed by atoms with van der Waals surface area (Å²) >= 11 is 0. The Labute approximate surface area is 186 Å². The molecule has 0 aromatic heterocycles. The molecular weight excluding hydrogens is 412 g/mol. The lowest BCUT2D eigenvalue weighted by Gasteiger charge is -2.29. The van der Waals surface area contributed by atoms with Crippen molar-refractivity contribution < 1.29 is 23.9 Å². The van der Waals surface area contributed by atoms with Crippen molar-refractivity contribution in [1.82, 2.24) is 15.5 Å². The predicted molar refractivity (Wildman–Crippen MR) is 118 cm³/mol. The lowest BCUT2D eigenvalue weighted by molar-refractivity contribution is -0.108. The van der Waals surface area contributed by atoms with Gasteiger partial charge in [0.05, 0.1) is 26.4 Å². The van der Waals surface area contributed by atoms with Gasteiger partial charge in [0.15, 0.2) is 0 Å². The van der Waals surface area contributed by atoms with Crippen LogP contribution in [0.4, 0.5) is 10.5 Å². The highest BCUT2D eigenvalue weighted by atomic mass is 16.5. The molecule has 32 heavy (non-hydrogen) atoms. The number of hydrogen-bond acceptors (Lipinski definition) is 6. The maximum atomic E-state index is 13.0. The molecule has 168 valence electrons. The van der Waals surface area contributed by atoms with Crippen LogP contribution in [0.3, 0.4) is 0 Å². The zero-order chi connectivity index (χ0) is 22.5. The Hall–Kier alpha value is -3.59. The predicted octanol–water partition coefficient (Wildman–Crippen LogP) is 1.68. The molecule has 0 unspecified atom stereocenters. The van der Waals surface area contributed by atoms with E-state index in [0.29, 0.717) is 37.5 Å². The van der Waals surface area contributed by atoms with Crippen molar-refractivity contribution in [2.24, 2.45) is 0 Å². The summed E-state index contributed by atoms with van der Waals surface area (Å²) in [5, 5.41) is 4.90. The minimum Gasteiger partial charge on any atom is -0.497 e. The van der Waals surface area contributed by atoms with Crippen LogP contribution < -0.4 is 20.3 Å². The summed E-state index contributed by atoms with van der Waals surface area (Å²) in [6.07, 6.45) is 0.330. The molecule has 2 N–H and O–H groups in total. The van der Waals surface area contributed by atoms with Crippen LogP contribution in [-0.4, -0.2) is 63.2 Å². The molecule has 4 amide bonds. The lowest BCUT2D eigenvalue weighted by atomic mass is 10.1. The summed E-state index contributed by atoms with van der Waals surface area (Å²) in [4.78, 5) is 39.7. The number of rotatable bonds is 7. The first kappa shape index (κ1) is 21.6. The Kier molecular flexibility index (Phi) is 6.55. The molecule has 2 aliphatic heterocycles. The van der Waals surface area contributed by atoms with E-state index < -0.39 is 12.1 Å². The van der Waals surface area contributed by atoms with E-state index in [2.05, 4.69) is 15.5 Å². The number of ether oxygens (including phenoxy) is 2. The fourth-order valence-electron chi connectivity index (χ4n) is 4.06. The molecule has 1 saturated heterocycles. The molecule has 1 fully saturated rings. The van der Waals surface area contributed by atoms with E-state index in [0.717, 1.165) is 29.9 Å². The van der Waals surface area contributed by atoms with Crippen LogP contribution in [0, 0.1) is 0 Å². The Morgan fingerprint density at radius 3 is 2.62 bits per heavy atom. The third-order valence-electron chi connectivity index (χ3n) is 5.77. The molecule has 0 radical (unpaired) electrons. The number of hydrogen-bond donors (Lipinski definition) is 2. The van der Waals surface area contributed by atoms with Gasteiger partial charge in [-0.25, -0.2) is 4.79 Å². The van der Waals surface area contributed by atoms with Gasteiger partial charge in [-0.05, 0) is 35.4 Å². The third-order valence-corrected chi connectivity index (χ3v) is 5.77. The SMILES string of the molecule is COc1ccc2c(c1)C(=O)N(C[C@H](NC(=O)NC=O)c1ccc(N3CCOCC3)cc1)C2. The van der Waals surface area contributed by atoms with E-state index in [9.17, 15) is 14.4 Å². The number of nitrogens with one attached hydrogen (secondary N) is 2. The highest BCUT2D eigenvalue weighted by Crippen LogP contribution is 2.29. The first-order chi connectivity index (χ1) is 15.6. The van der Waals surface area contributed by atoms with E-state index in [1.807, 2.05) is 36.4 Å². The fourth-order valence-corrected chi connectivity index (χ4v) is 4.06. The minimum atomic E-state index is -0.618. The first-order valence-corrected chi connectivity index (χ1v) is 10.5. The monoisotopic (exact) mass is 438 g/mol. The van der Waals surface area contributed by atoms with Gasteiger partial charge in [-0.1, -0.05) is 18.2 Å². The Morgan fingerprint density at radius 1 is 1.19 bits per heavy atom. The van der Waals surface area contributed by atoms with E-state index in [-0.39, 0.29) is 12.5 Å². The van der Waals surface area contributed by atoms with E-state index in [1.54, 1.807) is 18.1 Å². The fraction of sp³-hybridized carbons (Fsp3) is 0.348. The summed E-state index contributed by atoms with van der Waals surface area (Å²) in [5.74, 6) is 0.504. The Balaban J connectivity index is 1.52. The number of carbonyl (C=O) groups excluding carboxylic acids is 3. The molecule has 9 nitrogen and oxygen atoms in total. The summed E-state index contributed by atoms with van der Waals surface area (Å²) in [6, 6.07) is 12.2. The zero-order valence-electron chi connectivity index (χ0n) is 17.9. The van der Waals surface area contributed by atoms with E-state index in [1.165, 1.54) is 0 Å². The van der Waals surface area contributed by atoms with Gasteiger partial charge >= 0.3 is 6.03 Å². The quantitative estimate of drug-likeness (QED) is 0.638. The second-order valence-corrected chi connectivity index (χ2v) is 7.69. The topological polar surface area (TPSA) is 100 Å². The largest absolute Gasteiger partial charge is 0.497 e. The highest BCUT2D eigenvalue weighted by molar-refractivity contribution is 5.98. The number of morpholine rings is 1. The third kappa shape index (κ3) is 4.67. The molecule has 4 rings (SSSR count). The normalized spacial score (nSPS) is 16.3. The molecule has 0 saturated carbocycles. The van der Waals surface area contributed by atoms with Crippen molar-refractivity contribution in [2.45, 2.75) is 12.6 Å². The standard InChI is InChI=1S/C23H26N4O5/c1-31-19-7-4-17-13-27(22(29)20(17)12-19)14-21(25-23(30)24-15-28)16-2-5-18(6-3-16)26-8-10-32-11-9-26/h2-7,12,15,21H,8-11,13-14H2,1H3,(H2,24,25,28,30)/t21-/m0/s1. The van der Waals surface area contributed by atoms with Gasteiger partial charge in [0.2, 0.25) is 6.41 Å². The molecule has 0 bridgehead atoms. The smallest absolute Gasteiger partial charge is 0.321 e. The molecule has 2 heterocycles. The average Bonchev–Trinajstić information content (AvgIpc) is 3.14. The van der Waals surface area contributed by atoms with Gasteiger partial charge in [-0.15, -0.1) is 0 Å². The molecule has 2 aromatic rings. The second-order valence-electron chi connectivity index (χ2n) is 7.69. The van der Waals surface area contributed by atoms with Crippen LogP contribution in [0.25, 0.3) is 0 Å². The van der Waals surface area contributed by atoms with Gasteiger partial charge in [-0.2, -0.15) is 0 Å². The lowest BCUT2D eigenvalue weighted by Crippen LogP contribution is -2.42. The van der Waals surface area contributed by atoms with Crippen LogP contribution in [0.15, 0.2) is 42.5 Å². The average molecular weight is 438 g/mol. The number of nitrogens with zero attached hydrogens (tertiary/aromatic N) is 2. The number of carbonyl (C=O) groups is 3. The van der Waals surface area contributed by atoms with Crippen molar-refractivity contribution >= 4 is 24.0 Å². The van der Waals surface area contributed by atoms with Gasteiger partial charge in [-0.3, -0.25) is 14.9 Å². The van der Waals surface area contributed by atoms with Crippen LogP contribution in [0.2, 0.25) is 0 Å². The van der Waals surface area contributed by atoms with Gasteiger partial charge in [0, 0.05) is 37.4 Å². The number of amides is 4. The van der Waals surface area contributed by atoms with Gasteiger partial charge in [0.25, 0.3) is 5.91 Å². The van der Waals surface area contributed by atoms with Crippen LogP contribution >= 0.6 is 0 Å². The number of imide groups is 1. The van der Waals surface area contributed by atoms with E-state index in [4.69, 9.17) is 9.47 Å². The zero-order valence-corrected chi connectivity index (χ0v) is 17.9. The van der Waals surface area contributed by atoms with Gasteiger partial charge < -0.3 is 24.6 Å². The highest BCUT2D eigenvalue weighted by Gasteiger charge is 2.30. The van der Waals surface area contributed by atoms with Crippen LogP contribution in [-0.2, 0) is 16.1 Å². The first-order valence-electron chi connectivity index (χ1n) is 10.5. The van der Waals surface area contributed by atoms with Crippen LogP contribution in [0.1, 0.15) is 27.5 Å². The van der Waals surface area contributed by atoms with Crippen LogP contribution in [0.5, 0.6) is 5.75 Å². The van der Waals surface area contributed by atoms with Crippen molar-refractivity contribution in [2.75, 3.05) is 44.9 Å². The number of urea groups is 1. The van der Waals surface area contributed by atoms with Crippen molar-refractivity contribution in [3.63, 3.8) is 0 Å². The van der Waals surface area contributed by atoms with Gasteiger partial charge in [0.1, 0.15) is 5.75 Å². The number of methoxy groups -OCH3 is 1. The molecule has 1 atom stereocenters. The molecular formula is C23H26N4O5. The molecule has 9 heteroatoms. The van der Waals surface area contributed by atoms with Crippen molar-refractivity contribution in [1.29, 1.82) is 0 Å². The summed E-state index contributed by atoms with van der Waals surface area (Å²) in [7, 11) is 1.56. The summed E-state index contributed by atoms with van der Waals surface area (Å²) in [6.45, 7) is 3.75. The minimum absolute atomic E-state index is 0.119. The second kappa shape index (κ2) is 9.69. The summed E-state index contributed by atoms with van der Waals surface area (Å²) < 4.78 is 10.6. The molecule has 2 aliphatic rings. The van der Waals surface area contributed by atoms with E-state index >= 15 is 0 Å². The molecule has 0 aliphatic carbocycles. The Morgan fingerprint density at radius 2 is 1.94 bits per heavy atom. The Bertz CT molecular complexity index is 988.